The summed E-state index contributed by atoms with van der Waals surface area (Å²) >= 11 is 5.40. The second-order valence-electron chi connectivity index (χ2n) is 8.97. The van der Waals surface area contributed by atoms with Crippen molar-refractivity contribution in [2.75, 3.05) is 36.4 Å². The van der Waals surface area contributed by atoms with Crippen LogP contribution in [-0.4, -0.2) is 47.7 Å². The number of thiocarbonyl (C=S) groups is 1. The zero-order valence-electron chi connectivity index (χ0n) is 20.5. The molecule has 1 saturated heterocycles. The van der Waals surface area contributed by atoms with Crippen LogP contribution in [0.5, 0.6) is 0 Å². The van der Waals surface area contributed by atoms with E-state index in [0.717, 1.165) is 52.7 Å². The van der Waals surface area contributed by atoms with Crippen molar-refractivity contribution in [3.8, 4) is 0 Å². The maximum atomic E-state index is 13.4. The van der Waals surface area contributed by atoms with Gasteiger partial charge >= 0.3 is 0 Å². The SMILES string of the molecule is NC(=Nc1ccc(N2CCN(C(=O)c3ccccc3Nc3ccccc3)CC2)cc1)C1=CC=CCC1=S. The Bertz CT molecular complexity index is 1370. The van der Waals surface area contributed by atoms with Crippen LogP contribution in [-0.2, 0) is 0 Å². The monoisotopic (exact) mass is 507 g/mol. The third kappa shape index (κ3) is 5.78. The van der Waals surface area contributed by atoms with Crippen LogP contribution >= 0.6 is 12.2 Å². The topological polar surface area (TPSA) is 74.0 Å². The Labute approximate surface area is 222 Å². The van der Waals surface area contributed by atoms with Crippen molar-refractivity contribution < 1.29 is 4.79 Å². The van der Waals surface area contributed by atoms with E-state index in [1.165, 1.54) is 0 Å². The van der Waals surface area contributed by atoms with Gasteiger partial charge in [0.05, 0.1) is 16.9 Å². The Balaban J connectivity index is 1.21. The van der Waals surface area contributed by atoms with E-state index >= 15 is 0 Å². The number of anilines is 3. The predicted molar refractivity (Wildman–Crippen MR) is 156 cm³/mol. The number of hydrogen-bond donors (Lipinski definition) is 2. The number of benzene rings is 3. The van der Waals surface area contributed by atoms with Gasteiger partial charge in [-0.05, 0) is 48.5 Å². The first-order valence-corrected chi connectivity index (χ1v) is 12.8. The molecule has 0 saturated carbocycles. The van der Waals surface area contributed by atoms with Crippen molar-refractivity contribution in [2.45, 2.75) is 6.42 Å². The molecule has 1 heterocycles. The van der Waals surface area contributed by atoms with Gasteiger partial charge in [0.15, 0.2) is 0 Å². The normalized spacial score (nSPS) is 15.9. The highest BCUT2D eigenvalue weighted by molar-refractivity contribution is 7.81. The fourth-order valence-electron chi connectivity index (χ4n) is 4.50. The number of allylic oxidation sites excluding steroid dienone is 3. The Kier molecular flexibility index (Phi) is 7.42. The van der Waals surface area contributed by atoms with Gasteiger partial charge in [0.25, 0.3) is 5.91 Å². The van der Waals surface area contributed by atoms with Crippen LogP contribution in [0.15, 0.2) is 108 Å². The molecule has 0 spiro atoms. The van der Waals surface area contributed by atoms with Gasteiger partial charge in [-0.3, -0.25) is 4.79 Å². The molecule has 3 aromatic rings. The van der Waals surface area contributed by atoms with E-state index in [1.807, 2.05) is 89.9 Å². The molecule has 6 nitrogen and oxygen atoms in total. The first kappa shape index (κ1) is 24.5. The fourth-order valence-corrected chi connectivity index (χ4v) is 4.77. The summed E-state index contributed by atoms with van der Waals surface area (Å²) in [6, 6.07) is 25.6. The zero-order chi connectivity index (χ0) is 25.6. The molecule has 1 amide bonds. The van der Waals surface area contributed by atoms with E-state index in [0.29, 0.717) is 24.5 Å². The molecule has 186 valence electrons. The highest BCUT2D eigenvalue weighted by atomic mass is 32.1. The van der Waals surface area contributed by atoms with Gasteiger partial charge in [0.1, 0.15) is 5.84 Å². The number of nitrogens with one attached hydrogen (secondary N) is 1. The van der Waals surface area contributed by atoms with Crippen LogP contribution in [0.4, 0.5) is 22.7 Å². The Morgan fingerprint density at radius 3 is 2.32 bits per heavy atom. The van der Waals surface area contributed by atoms with Gasteiger partial charge in [0, 0.05) is 54.4 Å². The van der Waals surface area contributed by atoms with Crippen LogP contribution in [0.1, 0.15) is 16.8 Å². The van der Waals surface area contributed by atoms with Crippen LogP contribution in [0.2, 0.25) is 0 Å². The molecule has 7 heteroatoms. The molecule has 0 atom stereocenters. The number of carbonyl (C=O) groups is 1. The predicted octanol–water partition coefficient (Wildman–Crippen LogP) is 5.64. The van der Waals surface area contributed by atoms with Crippen molar-refractivity contribution in [3.63, 3.8) is 0 Å². The molecule has 0 aromatic heterocycles. The van der Waals surface area contributed by atoms with E-state index in [-0.39, 0.29) is 5.91 Å². The molecular weight excluding hydrogens is 478 g/mol. The minimum absolute atomic E-state index is 0.0450. The Morgan fingerprint density at radius 2 is 1.59 bits per heavy atom. The standard InChI is InChI=1S/C30H29N5OS/c31-29(26-11-5-7-13-28(26)37)33-23-14-16-24(17-15-23)34-18-20-35(21-19-34)30(36)25-10-4-6-12-27(25)32-22-8-2-1-3-9-22/h1-12,14-17,32H,13,18-21H2,(H2,31,33). The lowest BCUT2D eigenvalue weighted by Gasteiger charge is -2.36. The summed E-state index contributed by atoms with van der Waals surface area (Å²) in [5.74, 6) is 0.486. The number of nitrogens with zero attached hydrogens (tertiary/aromatic N) is 3. The summed E-state index contributed by atoms with van der Waals surface area (Å²) in [4.78, 5) is 23.0. The minimum Gasteiger partial charge on any atom is -0.383 e. The van der Waals surface area contributed by atoms with Crippen LogP contribution < -0.4 is 16.0 Å². The molecule has 3 aromatic carbocycles. The summed E-state index contributed by atoms with van der Waals surface area (Å²) in [5, 5.41) is 3.38. The number of amides is 1. The maximum absolute atomic E-state index is 13.4. The lowest BCUT2D eigenvalue weighted by atomic mass is 10.0. The summed E-state index contributed by atoms with van der Waals surface area (Å²) < 4.78 is 0. The van der Waals surface area contributed by atoms with Crippen molar-refractivity contribution in [1.82, 2.24) is 4.90 Å². The van der Waals surface area contributed by atoms with Gasteiger partial charge in [-0.15, -0.1) is 0 Å². The first-order valence-electron chi connectivity index (χ1n) is 12.4. The zero-order valence-corrected chi connectivity index (χ0v) is 21.3. The molecule has 37 heavy (non-hydrogen) atoms. The number of hydrogen-bond acceptors (Lipinski definition) is 5. The number of nitrogens with two attached hydrogens (primary N) is 1. The van der Waals surface area contributed by atoms with E-state index in [4.69, 9.17) is 18.0 Å². The first-order chi connectivity index (χ1) is 18.1. The van der Waals surface area contributed by atoms with Gasteiger partial charge < -0.3 is 20.9 Å². The smallest absolute Gasteiger partial charge is 0.256 e. The average molecular weight is 508 g/mol. The number of rotatable bonds is 6. The summed E-state index contributed by atoms with van der Waals surface area (Å²) in [5.41, 5.74) is 11.4. The molecule has 2 aliphatic rings. The molecule has 0 radical (unpaired) electrons. The van der Waals surface area contributed by atoms with E-state index in [9.17, 15) is 4.79 Å². The highest BCUT2D eigenvalue weighted by Crippen LogP contribution is 2.25. The number of aliphatic imine (C=N–C) groups is 1. The van der Waals surface area contributed by atoms with Crippen molar-refractivity contribution in [1.29, 1.82) is 0 Å². The second kappa shape index (κ2) is 11.2. The number of amidine groups is 1. The maximum Gasteiger partial charge on any atom is 0.256 e. The van der Waals surface area contributed by atoms with E-state index < -0.39 is 0 Å². The van der Waals surface area contributed by atoms with Gasteiger partial charge in [-0.2, -0.15) is 0 Å². The van der Waals surface area contributed by atoms with Crippen molar-refractivity contribution >= 4 is 51.6 Å². The van der Waals surface area contributed by atoms with Crippen LogP contribution in [0, 0.1) is 0 Å². The van der Waals surface area contributed by atoms with Gasteiger partial charge in [0.2, 0.25) is 0 Å². The molecule has 1 aliphatic carbocycles. The molecule has 5 rings (SSSR count). The quantitative estimate of drug-likeness (QED) is 0.257. The molecule has 0 bridgehead atoms. The fraction of sp³-hybridized carbons (Fsp3) is 0.167. The highest BCUT2D eigenvalue weighted by Gasteiger charge is 2.24. The van der Waals surface area contributed by atoms with Gasteiger partial charge in [-0.1, -0.05) is 60.8 Å². The third-order valence-corrected chi connectivity index (χ3v) is 6.91. The third-order valence-electron chi connectivity index (χ3n) is 6.52. The van der Waals surface area contributed by atoms with Crippen LogP contribution in [0.3, 0.4) is 0 Å². The summed E-state index contributed by atoms with van der Waals surface area (Å²) in [7, 11) is 0. The summed E-state index contributed by atoms with van der Waals surface area (Å²) in [6.45, 7) is 2.84. The lowest BCUT2D eigenvalue weighted by molar-refractivity contribution is 0.0748. The van der Waals surface area contributed by atoms with Gasteiger partial charge in [-0.25, -0.2) is 4.99 Å². The lowest BCUT2D eigenvalue weighted by Crippen LogP contribution is -2.48. The Morgan fingerprint density at radius 1 is 0.892 bits per heavy atom. The molecule has 1 fully saturated rings. The molecule has 1 aliphatic heterocycles. The van der Waals surface area contributed by atoms with E-state index in [1.54, 1.807) is 0 Å². The van der Waals surface area contributed by atoms with Crippen LogP contribution in [0.25, 0.3) is 0 Å². The number of carbonyl (C=O) groups excluding carboxylic acids is 1. The van der Waals surface area contributed by atoms with Crippen molar-refractivity contribution in [3.05, 3.63) is 108 Å². The largest absolute Gasteiger partial charge is 0.383 e. The minimum atomic E-state index is 0.0450. The molecule has 3 N–H and O–H groups in total. The second-order valence-corrected chi connectivity index (χ2v) is 9.46. The molecular formula is C30H29N5OS. The number of para-hydroxylation sites is 2. The van der Waals surface area contributed by atoms with E-state index in [2.05, 4.69) is 27.3 Å². The van der Waals surface area contributed by atoms with Crippen molar-refractivity contribution in [2.24, 2.45) is 10.7 Å². The molecule has 0 unspecified atom stereocenters. The number of piperazine rings is 1. The summed E-state index contributed by atoms with van der Waals surface area (Å²) in [6.07, 6.45) is 6.61. The average Bonchev–Trinajstić information content (AvgIpc) is 2.94. The Hall–Kier alpha value is -4.23.